The first kappa shape index (κ1) is 11.9. The van der Waals surface area contributed by atoms with Crippen LogP contribution in [0, 0.1) is 0 Å². The molecule has 1 nitrogen and oxygen atoms in total. The van der Waals surface area contributed by atoms with Crippen LogP contribution in [0.1, 0.15) is 29.9 Å². The predicted molar refractivity (Wildman–Crippen MR) is 78.4 cm³/mol. The summed E-state index contributed by atoms with van der Waals surface area (Å²) in [4.78, 5) is 0. The van der Waals surface area contributed by atoms with E-state index in [-0.39, 0.29) is 5.54 Å². The van der Waals surface area contributed by atoms with Gasteiger partial charge in [0.2, 0.25) is 0 Å². The van der Waals surface area contributed by atoms with E-state index in [1.54, 1.807) is 0 Å². The summed E-state index contributed by atoms with van der Waals surface area (Å²) >= 11 is 3.60. The molecule has 18 heavy (non-hydrogen) atoms. The molecule has 1 saturated carbocycles. The minimum absolute atomic E-state index is 0.166. The molecule has 0 unspecified atom stereocenters. The highest BCUT2D eigenvalue weighted by atomic mass is 79.9. The number of hydrogen-bond acceptors (Lipinski definition) is 1. The van der Waals surface area contributed by atoms with Gasteiger partial charge in [0.1, 0.15) is 0 Å². The van der Waals surface area contributed by atoms with Crippen LogP contribution in [0.5, 0.6) is 0 Å². The average Bonchev–Trinajstić information content (AvgIpc) is 2.37. The van der Waals surface area contributed by atoms with Crippen molar-refractivity contribution in [1.82, 2.24) is 0 Å². The molecule has 0 aromatic heterocycles. The van der Waals surface area contributed by atoms with E-state index in [1.807, 2.05) is 6.07 Å². The van der Waals surface area contributed by atoms with Crippen molar-refractivity contribution in [1.29, 1.82) is 0 Å². The summed E-state index contributed by atoms with van der Waals surface area (Å²) in [7, 11) is 0. The van der Waals surface area contributed by atoms with Gasteiger partial charge in [-0.2, -0.15) is 0 Å². The summed E-state index contributed by atoms with van der Waals surface area (Å²) in [6, 6.07) is 19.0. The van der Waals surface area contributed by atoms with Crippen molar-refractivity contribution < 1.29 is 0 Å². The van der Waals surface area contributed by atoms with Gasteiger partial charge in [0.15, 0.2) is 0 Å². The monoisotopic (exact) mass is 301 g/mol. The second kappa shape index (κ2) is 4.52. The Kier molecular flexibility index (Phi) is 3.00. The SMILES string of the molecule is NC1(c2ccccc2Br)CC(c2ccccc2)C1. The van der Waals surface area contributed by atoms with Crippen molar-refractivity contribution in [3.63, 3.8) is 0 Å². The maximum atomic E-state index is 6.52. The molecule has 0 amide bonds. The first-order valence-corrected chi connectivity index (χ1v) is 7.07. The highest BCUT2D eigenvalue weighted by Crippen LogP contribution is 2.50. The Morgan fingerprint density at radius 3 is 2.22 bits per heavy atom. The van der Waals surface area contributed by atoms with Gasteiger partial charge >= 0.3 is 0 Å². The van der Waals surface area contributed by atoms with E-state index in [0.29, 0.717) is 5.92 Å². The second-order valence-corrected chi connectivity index (χ2v) is 6.01. The molecule has 2 N–H and O–H groups in total. The van der Waals surface area contributed by atoms with Crippen LogP contribution < -0.4 is 5.73 Å². The van der Waals surface area contributed by atoms with Gasteiger partial charge in [-0.3, -0.25) is 0 Å². The highest BCUT2D eigenvalue weighted by molar-refractivity contribution is 9.10. The van der Waals surface area contributed by atoms with Crippen LogP contribution in [0.15, 0.2) is 59.1 Å². The van der Waals surface area contributed by atoms with E-state index in [4.69, 9.17) is 5.73 Å². The van der Waals surface area contributed by atoms with Crippen molar-refractivity contribution in [2.24, 2.45) is 5.73 Å². The Labute approximate surface area is 116 Å². The number of rotatable bonds is 2. The molecule has 2 heteroatoms. The average molecular weight is 302 g/mol. The lowest BCUT2D eigenvalue weighted by atomic mass is 9.63. The Bertz CT molecular complexity index is 544. The quantitative estimate of drug-likeness (QED) is 0.885. The van der Waals surface area contributed by atoms with E-state index < -0.39 is 0 Å². The largest absolute Gasteiger partial charge is 0.321 e. The van der Waals surface area contributed by atoms with Crippen molar-refractivity contribution >= 4 is 15.9 Å². The van der Waals surface area contributed by atoms with Crippen molar-refractivity contribution in [3.05, 3.63) is 70.2 Å². The standard InChI is InChI=1S/C16H16BrN/c17-15-9-5-4-8-14(15)16(18)10-13(11-16)12-6-2-1-3-7-12/h1-9,13H,10-11,18H2. The molecule has 1 fully saturated rings. The molecule has 0 aliphatic heterocycles. The van der Waals surface area contributed by atoms with Crippen LogP contribution in [0.2, 0.25) is 0 Å². The molecule has 0 bridgehead atoms. The molecule has 3 rings (SSSR count). The maximum absolute atomic E-state index is 6.52. The molecule has 0 atom stereocenters. The molecular weight excluding hydrogens is 286 g/mol. The smallest absolute Gasteiger partial charge is 0.0432 e. The summed E-state index contributed by atoms with van der Waals surface area (Å²) in [5.41, 5.74) is 9.00. The lowest BCUT2D eigenvalue weighted by molar-refractivity contribution is 0.208. The Hall–Kier alpha value is -1.12. The van der Waals surface area contributed by atoms with Gasteiger partial charge in [0.05, 0.1) is 0 Å². The Morgan fingerprint density at radius 1 is 0.944 bits per heavy atom. The third kappa shape index (κ3) is 2.00. The van der Waals surface area contributed by atoms with Crippen molar-refractivity contribution in [2.45, 2.75) is 24.3 Å². The summed E-state index contributed by atoms with van der Waals surface area (Å²) in [6.45, 7) is 0. The Balaban J connectivity index is 1.80. The second-order valence-electron chi connectivity index (χ2n) is 5.15. The molecule has 0 heterocycles. The number of halogens is 1. The molecular formula is C16H16BrN. The fraction of sp³-hybridized carbons (Fsp3) is 0.250. The first-order valence-electron chi connectivity index (χ1n) is 6.28. The molecule has 0 radical (unpaired) electrons. The van der Waals surface area contributed by atoms with Crippen LogP contribution in [-0.2, 0) is 5.54 Å². The van der Waals surface area contributed by atoms with Gasteiger partial charge < -0.3 is 5.73 Å². The van der Waals surface area contributed by atoms with E-state index in [9.17, 15) is 0 Å². The topological polar surface area (TPSA) is 26.0 Å². The fourth-order valence-corrected chi connectivity index (χ4v) is 3.55. The van der Waals surface area contributed by atoms with Gasteiger partial charge in [-0.15, -0.1) is 0 Å². The number of nitrogens with two attached hydrogens (primary N) is 1. The zero-order valence-corrected chi connectivity index (χ0v) is 11.7. The van der Waals surface area contributed by atoms with E-state index >= 15 is 0 Å². The van der Waals surface area contributed by atoms with E-state index in [1.165, 1.54) is 11.1 Å². The van der Waals surface area contributed by atoms with Gasteiger partial charge in [-0.1, -0.05) is 64.5 Å². The van der Waals surface area contributed by atoms with Crippen LogP contribution in [0.3, 0.4) is 0 Å². The summed E-state index contributed by atoms with van der Waals surface area (Å²) in [6.07, 6.45) is 2.05. The van der Waals surface area contributed by atoms with Gasteiger partial charge in [-0.05, 0) is 36.0 Å². The minimum Gasteiger partial charge on any atom is -0.321 e. The number of benzene rings is 2. The molecule has 1 aliphatic carbocycles. The minimum atomic E-state index is -0.166. The van der Waals surface area contributed by atoms with Gasteiger partial charge in [0, 0.05) is 10.0 Å². The number of hydrogen-bond donors (Lipinski definition) is 1. The summed E-state index contributed by atoms with van der Waals surface area (Å²) in [5.74, 6) is 0.600. The molecule has 1 aliphatic rings. The molecule has 2 aromatic rings. The van der Waals surface area contributed by atoms with E-state index in [2.05, 4.69) is 64.5 Å². The molecule has 0 saturated heterocycles. The van der Waals surface area contributed by atoms with Crippen molar-refractivity contribution in [3.8, 4) is 0 Å². The first-order chi connectivity index (χ1) is 8.69. The van der Waals surface area contributed by atoms with Crippen LogP contribution in [-0.4, -0.2) is 0 Å². The lowest BCUT2D eigenvalue weighted by Gasteiger charge is -2.46. The summed E-state index contributed by atoms with van der Waals surface area (Å²) < 4.78 is 1.12. The Morgan fingerprint density at radius 2 is 1.56 bits per heavy atom. The van der Waals surface area contributed by atoms with Crippen LogP contribution in [0.25, 0.3) is 0 Å². The third-order valence-corrected chi connectivity index (χ3v) is 4.59. The molecule has 92 valence electrons. The fourth-order valence-electron chi connectivity index (χ4n) is 2.87. The molecule has 2 aromatic carbocycles. The summed E-state index contributed by atoms with van der Waals surface area (Å²) in [5, 5.41) is 0. The molecule has 0 spiro atoms. The maximum Gasteiger partial charge on any atom is 0.0432 e. The third-order valence-electron chi connectivity index (χ3n) is 3.90. The highest BCUT2D eigenvalue weighted by Gasteiger charge is 2.43. The lowest BCUT2D eigenvalue weighted by Crippen LogP contribution is -2.48. The zero-order chi connectivity index (χ0) is 12.6. The normalized spacial score (nSPS) is 26.7. The predicted octanol–water partition coefficient (Wildman–Crippen LogP) is 4.18. The van der Waals surface area contributed by atoms with Gasteiger partial charge in [-0.25, -0.2) is 0 Å². The van der Waals surface area contributed by atoms with E-state index in [0.717, 1.165) is 17.3 Å². The zero-order valence-electron chi connectivity index (χ0n) is 10.1. The van der Waals surface area contributed by atoms with Crippen LogP contribution in [0.4, 0.5) is 0 Å². The van der Waals surface area contributed by atoms with Crippen molar-refractivity contribution in [2.75, 3.05) is 0 Å². The van der Waals surface area contributed by atoms with Gasteiger partial charge in [0.25, 0.3) is 0 Å². The van der Waals surface area contributed by atoms with Crippen LogP contribution >= 0.6 is 15.9 Å².